The summed E-state index contributed by atoms with van der Waals surface area (Å²) in [7, 11) is 0. The summed E-state index contributed by atoms with van der Waals surface area (Å²) >= 11 is 0. The Bertz CT molecular complexity index is 1130. The van der Waals surface area contributed by atoms with Crippen LogP contribution in [0.15, 0.2) is 54.7 Å². The molecule has 9 heteroatoms. The van der Waals surface area contributed by atoms with E-state index in [1.165, 1.54) is 24.3 Å². The predicted octanol–water partition coefficient (Wildman–Crippen LogP) is 2.45. The topological polar surface area (TPSA) is 141 Å². The fraction of sp³-hybridized carbons (Fsp3) is 0.190. The molecule has 1 aromatic heterocycles. The smallest absolute Gasteiger partial charge is 0.282 e. The van der Waals surface area contributed by atoms with E-state index < -0.39 is 22.8 Å². The van der Waals surface area contributed by atoms with Crippen molar-refractivity contribution in [2.75, 3.05) is 6.54 Å². The van der Waals surface area contributed by atoms with Crippen molar-refractivity contribution in [1.29, 1.82) is 5.26 Å². The molecule has 1 heterocycles. The maximum Gasteiger partial charge on any atom is 0.282 e. The van der Waals surface area contributed by atoms with Gasteiger partial charge in [0.05, 0.1) is 17.4 Å². The van der Waals surface area contributed by atoms with Gasteiger partial charge in [0, 0.05) is 36.1 Å². The van der Waals surface area contributed by atoms with E-state index in [1.54, 1.807) is 6.20 Å². The molecule has 30 heavy (non-hydrogen) atoms. The molecule has 9 nitrogen and oxygen atoms in total. The number of aromatic amines is 1. The van der Waals surface area contributed by atoms with Crippen LogP contribution >= 0.6 is 0 Å². The molecule has 3 aromatic rings. The Balaban J connectivity index is 1.86. The first-order chi connectivity index (χ1) is 14.5. The Labute approximate surface area is 171 Å². The van der Waals surface area contributed by atoms with Gasteiger partial charge < -0.3 is 15.6 Å². The zero-order valence-electron chi connectivity index (χ0n) is 15.9. The molecule has 0 radical (unpaired) electrons. The summed E-state index contributed by atoms with van der Waals surface area (Å²) in [4.78, 5) is 39.1. The Hall–Kier alpha value is -4.19. The first-order valence-corrected chi connectivity index (χ1v) is 9.25. The zero-order valence-corrected chi connectivity index (χ0v) is 15.9. The number of H-pyrrole nitrogens is 1. The van der Waals surface area contributed by atoms with E-state index in [1.807, 2.05) is 30.3 Å². The fourth-order valence-corrected chi connectivity index (χ4v) is 3.16. The monoisotopic (exact) mass is 405 g/mol. The largest absolute Gasteiger partial charge is 0.361 e. The SMILES string of the molecule is N#CCCNC(=O)C(Cc1c[nH]c2ccccc12)NC(=O)c1ccccc1[N+](=O)[O-]. The van der Waals surface area contributed by atoms with E-state index in [-0.39, 0.29) is 30.6 Å². The number of nitriles is 1. The highest BCUT2D eigenvalue weighted by Gasteiger charge is 2.26. The van der Waals surface area contributed by atoms with Crippen LogP contribution in [0, 0.1) is 21.4 Å². The lowest BCUT2D eigenvalue weighted by Crippen LogP contribution is -2.48. The van der Waals surface area contributed by atoms with Crippen molar-refractivity contribution in [2.45, 2.75) is 18.9 Å². The molecule has 0 spiro atoms. The fourth-order valence-electron chi connectivity index (χ4n) is 3.16. The van der Waals surface area contributed by atoms with Gasteiger partial charge in [-0.25, -0.2) is 0 Å². The number of carbonyl (C=O) groups is 2. The van der Waals surface area contributed by atoms with Gasteiger partial charge in [0.25, 0.3) is 11.6 Å². The maximum atomic E-state index is 12.8. The normalized spacial score (nSPS) is 11.4. The molecule has 0 saturated heterocycles. The minimum atomic E-state index is -0.977. The van der Waals surface area contributed by atoms with Gasteiger partial charge in [-0.15, -0.1) is 0 Å². The number of benzene rings is 2. The molecule has 1 atom stereocenters. The summed E-state index contributed by atoms with van der Waals surface area (Å²) in [6.07, 6.45) is 2.07. The lowest BCUT2D eigenvalue weighted by atomic mass is 10.0. The van der Waals surface area contributed by atoms with Gasteiger partial charge in [-0.1, -0.05) is 30.3 Å². The number of rotatable bonds is 8. The van der Waals surface area contributed by atoms with E-state index in [0.29, 0.717) is 0 Å². The summed E-state index contributed by atoms with van der Waals surface area (Å²) in [6.45, 7) is 0.140. The van der Waals surface area contributed by atoms with E-state index in [9.17, 15) is 19.7 Å². The zero-order chi connectivity index (χ0) is 21.5. The molecule has 0 aliphatic rings. The van der Waals surface area contributed by atoms with Gasteiger partial charge in [-0.05, 0) is 17.7 Å². The van der Waals surface area contributed by atoms with Crippen LogP contribution < -0.4 is 10.6 Å². The molecule has 3 N–H and O–H groups in total. The molecular weight excluding hydrogens is 386 g/mol. The third-order valence-corrected chi connectivity index (χ3v) is 4.60. The highest BCUT2D eigenvalue weighted by Crippen LogP contribution is 2.21. The number of aromatic nitrogens is 1. The quantitative estimate of drug-likeness (QED) is 0.300. The number of nitrogens with zero attached hydrogens (tertiary/aromatic N) is 2. The van der Waals surface area contributed by atoms with Gasteiger partial charge >= 0.3 is 0 Å². The summed E-state index contributed by atoms with van der Waals surface area (Å²) in [5, 5.41) is 26.0. The molecule has 0 aliphatic carbocycles. The number of nitro groups is 1. The number of fused-ring (bicyclic) bond motifs is 1. The Morgan fingerprint density at radius 3 is 2.67 bits per heavy atom. The van der Waals surface area contributed by atoms with E-state index in [4.69, 9.17) is 5.26 Å². The minimum absolute atomic E-state index is 0.128. The molecule has 3 rings (SSSR count). The van der Waals surface area contributed by atoms with Gasteiger partial charge in [0.1, 0.15) is 11.6 Å². The van der Waals surface area contributed by atoms with Gasteiger partial charge in [-0.3, -0.25) is 19.7 Å². The van der Waals surface area contributed by atoms with Crippen molar-refractivity contribution in [2.24, 2.45) is 0 Å². The number of para-hydroxylation sites is 2. The third kappa shape index (κ3) is 4.62. The molecule has 152 valence electrons. The highest BCUT2D eigenvalue weighted by molar-refractivity contribution is 6.00. The van der Waals surface area contributed by atoms with Crippen LogP contribution in [0.1, 0.15) is 22.3 Å². The van der Waals surface area contributed by atoms with Gasteiger partial charge in [-0.2, -0.15) is 5.26 Å². The van der Waals surface area contributed by atoms with Crippen molar-refractivity contribution in [3.63, 3.8) is 0 Å². The Morgan fingerprint density at radius 1 is 1.17 bits per heavy atom. The van der Waals surface area contributed by atoms with Crippen LogP contribution in [0.2, 0.25) is 0 Å². The van der Waals surface area contributed by atoms with Crippen molar-refractivity contribution < 1.29 is 14.5 Å². The molecule has 0 bridgehead atoms. The van der Waals surface area contributed by atoms with Crippen LogP contribution in [-0.2, 0) is 11.2 Å². The number of hydrogen-bond donors (Lipinski definition) is 3. The standard InChI is InChI=1S/C21H19N5O4/c22-10-5-11-23-21(28)18(12-14-13-24-17-8-3-1-6-15(14)17)25-20(27)16-7-2-4-9-19(16)26(29)30/h1-4,6-9,13,18,24H,5,11-12H2,(H,23,28)(H,25,27). The molecule has 1 unspecified atom stereocenters. The van der Waals surface area contributed by atoms with Crippen molar-refractivity contribution >= 4 is 28.4 Å². The van der Waals surface area contributed by atoms with E-state index in [0.717, 1.165) is 16.5 Å². The molecular formula is C21H19N5O4. The first-order valence-electron chi connectivity index (χ1n) is 9.25. The number of hydrogen-bond acceptors (Lipinski definition) is 5. The average molecular weight is 405 g/mol. The summed E-state index contributed by atoms with van der Waals surface area (Å²) in [5.74, 6) is -1.19. The second kappa shape index (κ2) is 9.34. The number of amides is 2. The second-order valence-corrected chi connectivity index (χ2v) is 6.56. The molecule has 2 aromatic carbocycles. The van der Waals surface area contributed by atoms with Crippen molar-refractivity contribution in [1.82, 2.24) is 15.6 Å². The lowest BCUT2D eigenvalue weighted by molar-refractivity contribution is -0.385. The molecule has 0 aliphatic heterocycles. The van der Waals surface area contributed by atoms with Crippen LogP contribution in [0.4, 0.5) is 5.69 Å². The highest BCUT2D eigenvalue weighted by atomic mass is 16.6. The number of nitro benzene ring substituents is 1. The Kier molecular flexibility index (Phi) is 6.39. The molecule has 2 amide bonds. The van der Waals surface area contributed by atoms with Crippen LogP contribution in [0.25, 0.3) is 10.9 Å². The second-order valence-electron chi connectivity index (χ2n) is 6.56. The van der Waals surface area contributed by atoms with Gasteiger partial charge in [0.15, 0.2) is 0 Å². The van der Waals surface area contributed by atoms with Crippen molar-refractivity contribution in [3.8, 4) is 6.07 Å². The lowest BCUT2D eigenvalue weighted by Gasteiger charge is -2.18. The predicted molar refractivity (Wildman–Crippen MR) is 110 cm³/mol. The van der Waals surface area contributed by atoms with Crippen LogP contribution in [-0.4, -0.2) is 34.3 Å². The van der Waals surface area contributed by atoms with E-state index in [2.05, 4.69) is 15.6 Å². The van der Waals surface area contributed by atoms with Crippen LogP contribution in [0.3, 0.4) is 0 Å². The first kappa shape index (κ1) is 20.5. The van der Waals surface area contributed by atoms with Gasteiger partial charge in [0.2, 0.25) is 5.91 Å². The maximum absolute atomic E-state index is 12.8. The van der Waals surface area contributed by atoms with Crippen molar-refractivity contribution in [3.05, 3.63) is 76.0 Å². The minimum Gasteiger partial charge on any atom is -0.361 e. The Morgan fingerprint density at radius 2 is 1.90 bits per heavy atom. The summed E-state index contributed by atoms with van der Waals surface area (Å²) in [6, 6.07) is 14.1. The average Bonchev–Trinajstić information content (AvgIpc) is 3.16. The summed E-state index contributed by atoms with van der Waals surface area (Å²) < 4.78 is 0. The molecule has 0 saturated carbocycles. The number of nitrogens with one attached hydrogen (secondary N) is 3. The van der Waals surface area contributed by atoms with Crippen LogP contribution in [0.5, 0.6) is 0 Å². The third-order valence-electron chi connectivity index (χ3n) is 4.60. The van der Waals surface area contributed by atoms with E-state index >= 15 is 0 Å². The number of carbonyl (C=O) groups excluding carboxylic acids is 2. The molecule has 0 fully saturated rings. The summed E-state index contributed by atoms with van der Waals surface area (Å²) in [5.41, 5.74) is 1.23.